The van der Waals surface area contributed by atoms with Gasteiger partial charge in [-0.25, -0.2) is 9.97 Å². The number of anilines is 2. The summed E-state index contributed by atoms with van der Waals surface area (Å²) in [5.74, 6) is 2.25. The second-order valence-corrected chi connectivity index (χ2v) is 4.92. The van der Waals surface area contributed by atoms with Crippen LogP contribution >= 0.6 is 0 Å². The van der Waals surface area contributed by atoms with E-state index in [-0.39, 0.29) is 12.6 Å². The molecule has 0 amide bonds. The maximum Gasteiger partial charge on any atom is 0.163 e. The molecule has 1 unspecified atom stereocenters. The Kier molecular flexibility index (Phi) is 5.51. The van der Waals surface area contributed by atoms with Gasteiger partial charge in [-0.2, -0.15) is 0 Å². The van der Waals surface area contributed by atoms with Crippen LogP contribution in [0.25, 0.3) is 11.4 Å². The van der Waals surface area contributed by atoms with E-state index >= 15 is 0 Å². The Hall–Kier alpha value is -2.14. The van der Waals surface area contributed by atoms with Gasteiger partial charge in [0.25, 0.3) is 0 Å². The van der Waals surface area contributed by atoms with Crippen LogP contribution in [-0.4, -0.2) is 34.3 Å². The molecular formula is C16H22N4O. The normalized spacial score (nSPS) is 12.0. The average Bonchev–Trinajstić information content (AvgIpc) is 2.48. The Balaban J connectivity index is 2.30. The molecule has 0 bridgehead atoms. The van der Waals surface area contributed by atoms with Crippen molar-refractivity contribution in [2.75, 3.05) is 23.8 Å². The molecule has 3 N–H and O–H groups in total. The quantitative estimate of drug-likeness (QED) is 0.730. The van der Waals surface area contributed by atoms with Crippen LogP contribution in [0, 0.1) is 0 Å². The minimum absolute atomic E-state index is 0.156. The highest BCUT2D eigenvalue weighted by Gasteiger charge is 2.08. The van der Waals surface area contributed by atoms with Gasteiger partial charge in [-0.15, -0.1) is 0 Å². The molecule has 1 atom stereocenters. The van der Waals surface area contributed by atoms with Gasteiger partial charge in [-0.1, -0.05) is 30.3 Å². The lowest BCUT2D eigenvalue weighted by atomic mass is 10.2. The Morgan fingerprint density at radius 3 is 2.52 bits per heavy atom. The number of hydrogen-bond donors (Lipinski definition) is 3. The lowest BCUT2D eigenvalue weighted by molar-refractivity contribution is 0.282. The topological polar surface area (TPSA) is 70.1 Å². The molecule has 1 aromatic carbocycles. The Morgan fingerprint density at radius 2 is 1.86 bits per heavy atom. The molecular weight excluding hydrogens is 264 g/mol. The molecule has 2 aromatic rings. The minimum atomic E-state index is 0.156. The van der Waals surface area contributed by atoms with E-state index < -0.39 is 0 Å². The number of nitrogens with one attached hydrogen (secondary N) is 2. The zero-order chi connectivity index (χ0) is 15.1. The SMILES string of the molecule is CCNc1cc(NC(C)CCO)nc(-c2ccccc2)n1. The van der Waals surface area contributed by atoms with Crippen LogP contribution in [0.15, 0.2) is 36.4 Å². The average molecular weight is 286 g/mol. The molecule has 1 aromatic heterocycles. The number of benzene rings is 1. The predicted octanol–water partition coefficient (Wildman–Crippen LogP) is 2.76. The van der Waals surface area contributed by atoms with E-state index in [9.17, 15) is 0 Å². The molecule has 0 aliphatic rings. The summed E-state index contributed by atoms with van der Waals surface area (Å²) >= 11 is 0. The van der Waals surface area contributed by atoms with Crippen LogP contribution in [-0.2, 0) is 0 Å². The van der Waals surface area contributed by atoms with Crippen LogP contribution in [0.5, 0.6) is 0 Å². The Morgan fingerprint density at radius 1 is 1.14 bits per heavy atom. The van der Waals surface area contributed by atoms with Gasteiger partial charge in [0, 0.05) is 30.8 Å². The molecule has 5 nitrogen and oxygen atoms in total. The van der Waals surface area contributed by atoms with Crippen molar-refractivity contribution in [2.45, 2.75) is 26.3 Å². The first-order chi connectivity index (χ1) is 10.2. The van der Waals surface area contributed by atoms with Crippen molar-refractivity contribution in [3.8, 4) is 11.4 Å². The van der Waals surface area contributed by atoms with Gasteiger partial charge >= 0.3 is 0 Å². The highest BCUT2D eigenvalue weighted by atomic mass is 16.3. The fourth-order valence-electron chi connectivity index (χ4n) is 2.03. The van der Waals surface area contributed by atoms with Crippen molar-refractivity contribution in [1.82, 2.24) is 9.97 Å². The molecule has 0 spiro atoms. The number of hydrogen-bond acceptors (Lipinski definition) is 5. The standard InChI is InChI=1S/C16H22N4O/c1-3-17-14-11-15(18-12(2)9-10-21)20-16(19-14)13-7-5-4-6-8-13/h4-8,11-12,21H,3,9-10H2,1-2H3,(H2,17,18,19,20). The number of aliphatic hydroxyl groups is 1. The van der Waals surface area contributed by atoms with Crippen molar-refractivity contribution >= 4 is 11.6 Å². The molecule has 112 valence electrons. The van der Waals surface area contributed by atoms with Crippen LogP contribution in [0.2, 0.25) is 0 Å². The van der Waals surface area contributed by atoms with Crippen molar-refractivity contribution in [2.24, 2.45) is 0 Å². The second kappa shape index (κ2) is 7.59. The first kappa shape index (κ1) is 15.3. The van der Waals surface area contributed by atoms with Gasteiger partial charge in [0.05, 0.1) is 0 Å². The lowest BCUT2D eigenvalue weighted by Gasteiger charge is -2.15. The molecule has 2 rings (SSSR count). The third kappa shape index (κ3) is 4.43. The number of aliphatic hydroxyl groups excluding tert-OH is 1. The van der Waals surface area contributed by atoms with E-state index in [1.807, 2.05) is 50.2 Å². The summed E-state index contributed by atoms with van der Waals surface area (Å²) in [6.45, 7) is 5.01. The van der Waals surface area contributed by atoms with Gasteiger partial charge in [-0.3, -0.25) is 0 Å². The van der Waals surface area contributed by atoms with Crippen LogP contribution in [0.1, 0.15) is 20.3 Å². The molecule has 5 heteroatoms. The van der Waals surface area contributed by atoms with E-state index in [0.717, 1.165) is 23.7 Å². The zero-order valence-corrected chi connectivity index (χ0v) is 12.5. The van der Waals surface area contributed by atoms with Gasteiger partial charge in [0.2, 0.25) is 0 Å². The second-order valence-electron chi connectivity index (χ2n) is 4.92. The first-order valence-corrected chi connectivity index (χ1v) is 7.28. The summed E-state index contributed by atoms with van der Waals surface area (Å²) in [4.78, 5) is 9.10. The summed E-state index contributed by atoms with van der Waals surface area (Å²) in [7, 11) is 0. The summed E-state index contributed by atoms with van der Waals surface area (Å²) < 4.78 is 0. The smallest absolute Gasteiger partial charge is 0.163 e. The molecule has 0 fully saturated rings. The molecule has 0 aliphatic carbocycles. The van der Waals surface area contributed by atoms with Gasteiger partial charge in [-0.05, 0) is 20.3 Å². The third-order valence-corrected chi connectivity index (χ3v) is 3.07. The third-order valence-electron chi connectivity index (χ3n) is 3.07. The minimum Gasteiger partial charge on any atom is -0.396 e. The van der Waals surface area contributed by atoms with Crippen molar-refractivity contribution < 1.29 is 5.11 Å². The van der Waals surface area contributed by atoms with Gasteiger partial charge in [0.1, 0.15) is 11.6 Å². The summed E-state index contributed by atoms with van der Waals surface area (Å²) in [5.41, 5.74) is 0.982. The Bertz CT molecular complexity index is 559. The molecule has 21 heavy (non-hydrogen) atoms. The number of nitrogens with zero attached hydrogens (tertiary/aromatic N) is 2. The summed E-state index contributed by atoms with van der Waals surface area (Å²) in [6, 6.07) is 11.9. The lowest BCUT2D eigenvalue weighted by Crippen LogP contribution is -2.18. The van der Waals surface area contributed by atoms with Crippen LogP contribution in [0.3, 0.4) is 0 Å². The molecule has 0 saturated heterocycles. The Labute approximate surface area is 125 Å². The molecule has 0 radical (unpaired) electrons. The zero-order valence-electron chi connectivity index (χ0n) is 12.5. The largest absolute Gasteiger partial charge is 0.396 e. The maximum absolute atomic E-state index is 9.00. The van der Waals surface area contributed by atoms with Crippen LogP contribution in [0.4, 0.5) is 11.6 Å². The van der Waals surface area contributed by atoms with E-state index in [2.05, 4.69) is 20.6 Å². The van der Waals surface area contributed by atoms with E-state index in [0.29, 0.717) is 12.2 Å². The van der Waals surface area contributed by atoms with Crippen molar-refractivity contribution in [3.05, 3.63) is 36.4 Å². The van der Waals surface area contributed by atoms with Crippen LogP contribution < -0.4 is 10.6 Å². The molecule has 1 heterocycles. The van der Waals surface area contributed by atoms with E-state index in [4.69, 9.17) is 5.11 Å². The predicted molar refractivity (Wildman–Crippen MR) is 86.4 cm³/mol. The van der Waals surface area contributed by atoms with Gasteiger partial charge < -0.3 is 15.7 Å². The summed E-state index contributed by atoms with van der Waals surface area (Å²) in [5, 5.41) is 15.5. The van der Waals surface area contributed by atoms with E-state index in [1.54, 1.807) is 0 Å². The van der Waals surface area contributed by atoms with Crippen molar-refractivity contribution in [3.63, 3.8) is 0 Å². The first-order valence-electron chi connectivity index (χ1n) is 7.28. The number of aromatic nitrogens is 2. The monoisotopic (exact) mass is 286 g/mol. The highest BCUT2D eigenvalue weighted by Crippen LogP contribution is 2.20. The van der Waals surface area contributed by atoms with Crippen molar-refractivity contribution in [1.29, 1.82) is 0 Å². The maximum atomic E-state index is 9.00. The fraction of sp³-hybridized carbons (Fsp3) is 0.375. The molecule has 0 saturated carbocycles. The van der Waals surface area contributed by atoms with Gasteiger partial charge in [0.15, 0.2) is 5.82 Å². The highest BCUT2D eigenvalue weighted by molar-refractivity contribution is 5.61. The summed E-state index contributed by atoms with van der Waals surface area (Å²) in [6.07, 6.45) is 0.682. The number of rotatable bonds is 7. The fourth-order valence-corrected chi connectivity index (χ4v) is 2.03. The molecule has 0 aliphatic heterocycles. The van der Waals surface area contributed by atoms with E-state index in [1.165, 1.54) is 0 Å².